The van der Waals surface area contributed by atoms with Crippen molar-refractivity contribution >= 4 is 39.4 Å². The van der Waals surface area contributed by atoms with Gasteiger partial charge >= 0.3 is 0 Å². The van der Waals surface area contributed by atoms with Crippen LogP contribution in [0.1, 0.15) is 31.1 Å². The lowest BCUT2D eigenvalue weighted by Crippen LogP contribution is -2.22. The molecule has 5 heteroatoms. The molecule has 0 radical (unpaired) electrons. The number of aliphatic hydroxyl groups excluding tert-OH is 1. The van der Waals surface area contributed by atoms with Crippen molar-refractivity contribution in [3.05, 3.63) is 92.3 Å². The minimum Gasteiger partial charge on any atom is -0.382 e. The third kappa shape index (κ3) is 3.55. The zero-order chi connectivity index (χ0) is 17.9. The molecule has 130 valence electrons. The lowest BCUT2D eigenvalue weighted by molar-refractivity contribution is 0.0951. The molecule has 1 amide bonds. The Morgan fingerprint density at radius 1 is 0.962 bits per heavy atom. The molecule has 26 heavy (non-hydrogen) atoms. The van der Waals surface area contributed by atoms with Crippen molar-refractivity contribution in [2.75, 3.05) is 0 Å². The molecule has 4 rings (SSSR count). The summed E-state index contributed by atoms with van der Waals surface area (Å²) in [5.74, 6) is -0.0930. The molecule has 0 saturated heterocycles. The lowest BCUT2D eigenvalue weighted by atomic mass is 10.1. The number of hydrogen-bond acceptors (Lipinski definition) is 4. The summed E-state index contributed by atoms with van der Waals surface area (Å²) in [5.41, 5.74) is 0.652. The maximum atomic E-state index is 12.4. The molecule has 0 aliphatic heterocycles. The molecule has 0 fully saturated rings. The van der Waals surface area contributed by atoms with Gasteiger partial charge in [0.2, 0.25) is 0 Å². The highest BCUT2D eigenvalue weighted by atomic mass is 32.1. The van der Waals surface area contributed by atoms with Crippen molar-refractivity contribution < 1.29 is 9.90 Å². The van der Waals surface area contributed by atoms with Crippen LogP contribution in [0.3, 0.4) is 0 Å². The van der Waals surface area contributed by atoms with Gasteiger partial charge in [-0.15, -0.1) is 22.7 Å². The summed E-state index contributed by atoms with van der Waals surface area (Å²) in [5, 5.41) is 17.5. The number of nitrogens with one attached hydrogen (secondary N) is 1. The Balaban J connectivity index is 1.42. The molecule has 4 aromatic rings. The number of carbonyl (C=O) groups is 1. The minimum atomic E-state index is -0.593. The Labute approximate surface area is 159 Å². The standard InChI is InChI=1S/C21H17NO2S2/c23-20(18-6-3-11-25-18)19-10-9-17(26-19)13-22-21(24)16-8-7-14-4-1-2-5-15(14)12-16/h1-12,20,23H,13H2,(H,22,24). The first kappa shape index (κ1) is 17.0. The van der Waals surface area contributed by atoms with E-state index in [0.717, 1.165) is 25.4 Å². The molecule has 0 saturated carbocycles. The average molecular weight is 380 g/mol. The Bertz CT molecular complexity index is 1040. The van der Waals surface area contributed by atoms with E-state index in [0.29, 0.717) is 12.1 Å². The van der Waals surface area contributed by atoms with Crippen LogP contribution in [-0.4, -0.2) is 11.0 Å². The maximum absolute atomic E-state index is 12.4. The number of thiophene rings is 2. The largest absolute Gasteiger partial charge is 0.382 e. The molecule has 2 N–H and O–H groups in total. The van der Waals surface area contributed by atoms with Crippen LogP contribution in [0.15, 0.2) is 72.1 Å². The van der Waals surface area contributed by atoms with Crippen molar-refractivity contribution in [3.63, 3.8) is 0 Å². The van der Waals surface area contributed by atoms with Gasteiger partial charge in [-0.1, -0.05) is 36.4 Å². The van der Waals surface area contributed by atoms with Crippen LogP contribution >= 0.6 is 22.7 Å². The number of amides is 1. The molecular formula is C21H17NO2S2. The first-order chi connectivity index (χ1) is 12.7. The predicted molar refractivity (Wildman–Crippen MR) is 108 cm³/mol. The minimum absolute atomic E-state index is 0.0930. The van der Waals surface area contributed by atoms with E-state index in [-0.39, 0.29) is 5.91 Å². The Morgan fingerprint density at radius 3 is 2.62 bits per heavy atom. The van der Waals surface area contributed by atoms with Crippen LogP contribution in [0.2, 0.25) is 0 Å². The maximum Gasteiger partial charge on any atom is 0.251 e. The normalized spacial score (nSPS) is 12.2. The molecule has 2 aromatic carbocycles. The molecule has 0 bridgehead atoms. The number of carbonyl (C=O) groups excluding carboxylic acids is 1. The van der Waals surface area contributed by atoms with Crippen molar-refractivity contribution in [2.45, 2.75) is 12.6 Å². The summed E-state index contributed by atoms with van der Waals surface area (Å²) < 4.78 is 0. The van der Waals surface area contributed by atoms with Gasteiger partial charge in [0.1, 0.15) is 6.10 Å². The van der Waals surface area contributed by atoms with E-state index in [1.54, 1.807) is 0 Å². The zero-order valence-electron chi connectivity index (χ0n) is 13.9. The van der Waals surface area contributed by atoms with Crippen LogP contribution in [0.4, 0.5) is 0 Å². The van der Waals surface area contributed by atoms with Crippen molar-refractivity contribution in [1.82, 2.24) is 5.32 Å². The highest BCUT2D eigenvalue weighted by Gasteiger charge is 2.14. The number of aliphatic hydroxyl groups is 1. The van der Waals surface area contributed by atoms with E-state index in [4.69, 9.17) is 0 Å². The first-order valence-electron chi connectivity index (χ1n) is 8.28. The number of rotatable bonds is 5. The summed E-state index contributed by atoms with van der Waals surface area (Å²) >= 11 is 3.06. The van der Waals surface area contributed by atoms with Gasteiger partial charge in [-0.05, 0) is 46.5 Å². The van der Waals surface area contributed by atoms with Gasteiger partial charge in [0.25, 0.3) is 5.91 Å². The van der Waals surface area contributed by atoms with E-state index in [9.17, 15) is 9.90 Å². The number of fused-ring (bicyclic) bond motifs is 1. The SMILES string of the molecule is O=C(NCc1ccc(C(O)c2cccs2)s1)c1ccc2ccccc2c1. The van der Waals surface area contributed by atoms with Crippen LogP contribution in [0, 0.1) is 0 Å². The summed E-state index contributed by atoms with van der Waals surface area (Å²) in [7, 11) is 0. The molecule has 3 nitrogen and oxygen atoms in total. The summed E-state index contributed by atoms with van der Waals surface area (Å²) in [4.78, 5) is 15.3. The van der Waals surface area contributed by atoms with Crippen molar-refractivity contribution in [2.24, 2.45) is 0 Å². The second-order valence-electron chi connectivity index (χ2n) is 5.97. The fourth-order valence-electron chi connectivity index (χ4n) is 2.82. The predicted octanol–water partition coefficient (Wildman–Crippen LogP) is 4.97. The lowest BCUT2D eigenvalue weighted by Gasteiger charge is -2.06. The quantitative estimate of drug-likeness (QED) is 0.514. The molecule has 1 unspecified atom stereocenters. The fraction of sp³-hybridized carbons (Fsp3) is 0.0952. The Hall–Kier alpha value is -2.47. The molecule has 0 aliphatic rings. The van der Waals surface area contributed by atoms with Crippen LogP contribution in [-0.2, 0) is 6.54 Å². The number of hydrogen-bond donors (Lipinski definition) is 2. The van der Waals surface area contributed by atoms with Crippen molar-refractivity contribution in [3.8, 4) is 0 Å². The smallest absolute Gasteiger partial charge is 0.251 e. The van der Waals surface area contributed by atoms with Crippen LogP contribution in [0.5, 0.6) is 0 Å². The second kappa shape index (κ2) is 7.41. The van der Waals surface area contributed by atoms with Gasteiger partial charge in [0, 0.05) is 20.2 Å². The molecule has 0 spiro atoms. The molecule has 0 aliphatic carbocycles. The Morgan fingerprint density at radius 2 is 1.81 bits per heavy atom. The van der Waals surface area contributed by atoms with Gasteiger partial charge in [-0.2, -0.15) is 0 Å². The first-order valence-corrected chi connectivity index (χ1v) is 9.97. The molecule has 1 atom stereocenters. The fourth-order valence-corrected chi connectivity index (χ4v) is 4.58. The average Bonchev–Trinajstić information content (AvgIpc) is 3.37. The topological polar surface area (TPSA) is 49.3 Å². The van der Waals surface area contributed by atoms with Gasteiger partial charge in [-0.3, -0.25) is 4.79 Å². The Kier molecular flexibility index (Phi) is 4.84. The highest BCUT2D eigenvalue weighted by molar-refractivity contribution is 7.12. The van der Waals surface area contributed by atoms with Gasteiger partial charge in [0.15, 0.2) is 0 Å². The van der Waals surface area contributed by atoms with E-state index >= 15 is 0 Å². The van der Waals surface area contributed by atoms with Gasteiger partial charge in [0.05, 0.1) is 6.54 Å². The molecule has 2 heterocycles. The van der Waals surface area contributed by atoms with Gasteiger partial charge in [-0.25, -0.2) is 0 Å². The number of benzene rings is 2. The second-order valence-corrected chi connectivity index (χ2v) is 8.15. The monoisotopic (exact) mass is 379 g/mol. The van der Waals surface area contributed by atoms with Crippen molar-refractivity contribution in [1.29, 1.82) is 0 Å². The van der Waals surface area contributed by atoms with E-state index in [1.165, 1.54) is 22.7 Å². The zero-order valence-corrected chi connectivity index (χ0v) is 15.5. The summed E-state index contributed by atoms with van der Waals surface area (Å²) in [6, 6.07) is 21.4. The van der Waals surface area contributed by atoms with E-state index < -0.39 is 6.10 Å². The summed E-state index contributed by atoms with van der Waals surface area (Å²) in [6.45, 7) is 0.452. The summed E-state index contributed by atoms with van der Waals surface area (Å²) in [6.07, 6.45) is -0.593. The molecular weight excluding hydrogens is 362 g/mol. The third-order valence-electron chi connectivity index (χ3n) is 4.20. The third-order valence-corrected chi connectivity index (χ3v) is 6.26. The van der Waals surface area contributed by atoms with E-state index in [1.807, 2.05) is 72.1 Å². The molecule has 2 aromatic heterocycles. The van der Waals surface area contributed by atoms with Crippen LogP contribution < -0.4 is 5.32 Å². The highest BCUT2D eigenvalue weighted by Crippen LogP contribution is 2.30. The van der Waals surface area contributed by atoms with Gasteiger partial charge < -0.3 is 10.4 Å². The van der Waals surface area contributed by atoms with E-state index in [2.05, 4.69) is 5.32 Å². The van der Waals surface area contributed by atoms with Crippen LogP contribution in [0.25, 0.3) is 10.8 Å².